The van der Waals surface area contributed by atoms with Crippen LogP contribution in [0.5, 0.6) is 0 Å². The van der Waals surface area contributed by atoms with Crippen molar-refractivity contribution < 1.29 is 24.3 Å². The van der Waals surface area contributed by atoms with Crippen molar-refractivity contribution in [3.8, 4) is 0 Å². The SMILES string of the molecule is CSc1ccc(/C=C/C(=O)N2CCC(C(=O)N[C@@H](CNC(=O)c3ccccn3)C(=O)O)CC2)c(Cl)c1Cl. The zero-order valence-corrected chi connectivity index (χ0v) is 22.3. The van der Waals surface area contributed by atoms with Crippen molar-refractivity contribution in [1.82, 2.24) is 20.5 Å². The van der Waals surface area contributed by atoms with Gasteiger partial charge in [-0.2, -0.15) is 0 Å². The number of hydrogen-bond donors (Lipinski definition) is 3. The Hall–Kier alpha value is -3.08. The molecule has 1 saturated heterocycles. The number of piperidine rings is 1. The first-order valence-electron chi connectivity index (χ1n) is 11.4. The minimum atomic E-state index is -1.29. The van der Waals surface area contributed by atoms with Crippen LogP contribution in [0.3, 0.4) is 0 Å². The van der Waals surface area contributed by atoms with Crippen molar-refractivity contribution in [3.05, 3.63) is 63.9 Å². The van der Waals surface area contributed by atoms with Crippen LogP contribution < -0.4 is 10.6 Å². The lowest BCUT2D eigenvalue weighted by Gasteiger charge is -2.31. The number of hydrogen-bond acceptors (Lipinski definition) is 6. The van der Waals surface area contributed by atoms with Gasteiger partial charge in [0.15, 0.2) is 0 Å². The van der Waals surface area contributed by atoms with Crippen LogP contribution in [0.2, 0.25) is 10.0 Å². The molecule has 37 heavy (non-hydrogen) atoms. The molecule has 0 spiro atoms. The van der Waals surface area contributed by atoms with Gasteiger partial charge in [0.1, 0.15) is 11.7 Å². The van der Waals surface area contributed by atoms with Crippen LogP contribution in [-0.2, 0) is 14.4 Å². The van der Waals surface area contributed by atoms with Crippen LogP contribution in [0.15, 0.2) is 47.5 Å². The van der Waals surface area contributed by atoms with E-state index < -0.39 is 29.7 Å². The lowest BCUT2D eigenvalue weighted by Crippen LogP contribution is -2.51. The summed E-state index contributed by atoms with van der Waals surface area (Å²) >= 11 is 14.0. The van der Waals surface area contributed by atoms with E-state index in [1.54, 1.807) is 29.2 Å². The highest BCUT2D eigenvalue weighted by atomic mass is 35.5. The van der Waals surface area contributed by atoms with E-state index in [4.69, 9.17) is 23.2 Å². The maximum atomic E-state index is 12.7. The Kier molecular flexibility index (Phi) is 10.4. The van der Waals surface area contributed by atoms with Gasteiger partial charge in [0.05, 0.1) is 10.0 Å². The minimum Gasteiger partial charge on any atom is -0.480 e. The van der Waals surface area contributed by atoms with E-state index in [9.17, 15) is 24.3 Å². The lowest BCUT2D eigenvalue weighted by atomic mass is 9.95. The molecule has 0 aliphatic carbocycles. The predicted octanol–water partition coefficient (Wildman–Crippen LogP) is 3.36. The summed E-state index contributed by atoms with van der Waals surface area (Å²) in [7, 11) is 0. The van der Waals surface area contributed by atoms with Crippen LogP contribution in [0.1, 0.15) is 28.9 Å². The Bertz CT molecular complexity index is 1190. The summed E-state index contributed by atoms with van der Waals surface area (Å²) in [6, 6.07) is 7.12. The number of halogens is 2. The zero-order valence-electron chi connectivity index (χ0n) is 19.9. The van der Waals surface area contributed by atoms with Crippen molar-refractivity contribution in [2.45, 2.75) is 23.8 Å². The van der Waals surface area contributed by atoms with Gasteiger partial charge in [-0.15, -0.1) is 11.8 Å². The van der Waals surface area contributed by atoms with Crippen LogP contribution in [0.4, 0.5) is 0 Å². The number of carboxylic acids is 1. The molecule has 3 amide bonds. The molecule has 2 aromatic rings. The third-order valence-electron chi connectivity index (χ3n) is 5.86. The average Bonchev–Trinajstić information content (AvgIpc) is 2.91. The molecule has 9 nitrogen and oxygen atoms in total. The summed E-state index contributed by atoms with van der Waals surface area (Å²) in [4.78, 5) is 55.4. The summed E-state index contributed by atoms with van der Waals surface area (Å²) in [6.45, 7) is 0.397. The van der Waals surface area contributed by atoms with Crippen molar-refractivity contribution in [3.63, 3.8) is 0 Å². The van der Waals surface area contributed by atoms with Gasteiger partial charge in [0.25, 0.3) is 5.91 Å². The van der Waals surface area contributed by atoms with Gasteiger partial charge >= 0.3 is 5.97 Å². The van der Waals surface area contributed by atoms with Gasteiger partial charge in [-0.25, -0.2) is 4.79 Å². The van der Waals surface area contributed by atoms with Crippen molar-refractivity contribution >= 4 is 64.7 Å². The number of thioether (sulfide) groups is 1. The van der Waals surface area contributed by atoms with Gasteiger partial charge < -0.3 is 20.6 Å². The molecular formula is C25H26Cl2N4O5S. The number of aromatic nitrogens is 1. The third kappa shape index (κ3) is 7.70. The van der Waals surface area contributed by atoms with E-state index in [2.05, 4.69) is 15.6 Å². The molecule has 0 saturated carbocycles. The van der Waals surface area contributed by atoms with E-state index in [1.807, 2.05) is 12.3 Å². The van der Waals surface area contributed by atoms with Crippen LogP contribution in [0, 0.1) is 5.92 Å². The lowest BCUT2D eigenvalue weighted by molar-refractivity contribution is -0.142. The molecule has 0 bridgehead atoms. The second-order valence-electron chi connectivity index (χ2n) is 8.24. The Morgan fingerprint density at radius 2 is 1.89 bits per heavy atom. The number of rotatable bonds is 9. The highest BCUT2D eigenvalue weighted by Crippen LogP contribution is 2.35. The van der Waals surface area contributed by atoms with E-state index in [0.29, 0.717) is 41.5 Å². The van der Waals surface area contributed by atoms with E-state index in [0.717, 1.165) is 4.90 Å². The number of nitrogens with zero attached hydrogens (tertiary/aromatic N) is 2. The van der Waals surface area contributed by atoms with Crippen molar-refractivity contribution in [1.29, 1.82) is 0 Å². The predicted molar refractivity (Wildman–Crippen MR) is 143 cm³/mol. The molecule has 2 heterocycles. The molecule has 1 atom stereocenters. The molecular weight excluding hydrogens is 539 g/mol. The molecule has 3 rings (SSSR count). The van der Waals surface area contributed by atoms with Gasteiger partial charge in [-0.05, 0) is 48.9 Å². The zero-order chi connectivity index (χ0) is 26.9. The number of likely N-dealkylation sites (tertiary alicyclic amines) is 1. The summed E-state index contributed by atoms with van der Waals surface area (Å²) < 4.78 is 0. The smallest absolute Gasteiger partial charge is 0.328 e. The number of carbonyl (C=O) groups excluding carboxylic acids is 3. The second-order valence-corrected chi connectivity index (χ2v) is 9.85. The normalized spacial score (nSPS) is 14.8. The van der Waals surface area contributed by atoms with Crippen LogP contribution >= 0.6 is 35.0 Å². The standard InChI is InChI=1S/C25H26Cl2N4O5S/c1-37-19-7-5-15(21(26)22(19)27)6-8-20(32)31-12-9-16(10-13-31)23(33)30-18(25(35)36)14-29-24(34)17-4-2-3-11-28-17/h2-8,11,16,18H,9-10,12-14H2,1H3,(H,29,34)(H,30,33)(H,35,36)/b8-6+/t18-/m0/s1. The number of carbonyl (C=O) groups is 4. The first-order valence-corrected chi connectivity index (χ1v) is 13.4. The minimum absolute atomic E-state index is 0.145. The fraction of sp³-hybridized carbons (Fsp3) is 0.320. The summed E-state index contributed by atoms with van der Waals surface area (Å²) in [6.07, 6.45) is 7.13. The third-order valence-corrected chi connectivity index (χ3v) is 7.65. The molecule has 1 aromatic carbocycles. The van der Waals surface area contributed by atoms with Gasteiger partial charge in [0, 0.05) is 42.7 Å². The monoisotopic (exact) mass is 564 g/mol. The highest BCUT2D eigenvalue weighted by molar-refractivity contribution is 7.98. The maximum absolute atomic E-state index is 12.7. The number of amides is 3. The first-order chi connectivity index (χ1) is 17.7. The number of nitrogens with one attached hydrogen (secondary N) is 2. The van der Waals surface area contributed by atoms with Gasteiger partial charge in [-0.3, -0.25) is 19.4 Å². The Morgan fingerprint density at radius 3 is 2.51 bits per heavy atom. The van der Waals surface area contributed by atoms with Crippen molar-refractivity contribution in [2.24, 2.45) is 5.92 Å². The highest BCUT2D eigenvalue weighted by Gasteiger charge is 2.30. The van der Waals surface area contributed by atoms with E-state index in [-0.39, 0.29) is 18.1 Å². The molecule has 3 N–H and O–H groups in total. The fourth-order valence-corrected chi connectivity index (χ4v) is 4.91. The Labute approximate surface area is 228 Å². The average molecular weight is 565 g/mol. The molecule has 196 valence electrons. The molecule has 0 radical (unpaired) electrons. The topological polar surface area (TPSA) is 129 Å². The second kappa shape index (κ2) is 13.5. The number of benzene rings is 1. The first kappa shape index (κ1) is 28.5. The summed E-state index contributed by atoms with van der Waals surface area (Å²) in [5.41, 5.74) is 0.772. The number of carboxylic acid groups (broad SMARTS) is 1. The van der Waals surface area contributed by atoms with E-state index >= 15 is 0 Å². The number of aliphatic carboxylic acids is 1. The molecule has 1 aliphatic rings. The molecule has 1 fully saturated rings. The molecule has 1 aromatic heterocycles. The quantitative estimate of drug-likeness (QED) is 0.314. The van der Waals surface area contributed by atoms with Crippen LogP contribution in [-0.4, -0.2) is 70.6 Å². The molecule has 0 unspecified atom stereocenters. The largest absolute Gasteiger partial charge is 0.480 e. The van der Waals surface area contributed by atoms with Crippen molar-refractivity contribution in [2.75, 3.05) is 25.9 Å². The Balaban J connectivity index is 1.50. The maximum Gasteiger partial charge on any atom is 0.328 e. The van der Waals surface area contributed by atoms with Gasteiger partial charge in [0.2, 0.25) is 11.8 Å². The number of pyridine rings is 1. The summed E-state index contributed by atoms with van der Waals surface area (Å²) in [5, 5.41) is 15.2. The Morgan fingerprint density at radius 1 is 1.16 bits per heavy atom. The fourth-order valence-electron chi connectivity index (χ4n) is 3.73. The van der Waals surface area contributed by atoms with Gasteiger partial charge in [-0.1, -0.05) is 35.3 Å². The molecule has 1 aliphatic heterocycles. The summed E-state index contributed by atoms with van der Waals surface area (Å²) in [5.74, 6) is -2.91. The van der Waals surface area contributed by atoms with Crippen LogP contribution in [0.25, 0.3) is 6.08 Å². The van der Waals surface area contributed by atoms with E-state index in [1.165, 1.54) is 30.1 Å². The molecule has 12 heteroatoms.